The van der Waals surface area contributed by atoms with Crippen LogP contribution in [0.25, 0.3) is 0 Å². The molecule has 17 heavy (non-hydrogen) atoms. The maximum atomic E-state index is 11.4. The minimum Gasteiger partial charge on any atom is -0.338 e. The van der Waals surface area contributed by atoms with Crippen molar-refractivity contribution in [3.63, 3.8) is 0 Å². The molecule has 5 heteroatoms. The van der Waals surface area contributed by atoms with Crippen molar-refractivity contribution in [2.24, 2.45) is 0 Å². The van der Waals surface area contributed by atoms with Crippen LogP contribution in [0.15, 0.2) is 0 Å². The van der Waals surface area contributed by atoms with Crippen molar-refractivity contribution < 1.29 is 19.0 Å². The van der Waals surface area contributed by atoms with Gasteiger partial charge < -0.3 is 19.1 Å². The van der Waals surface area contributed by atoms with Gasteiger partial charge in [0.25, 0.3) is 5.91 Å². The molecule has 5 nitrogen and oxygen atoms in total. The zero-order valence-corrected chi connectivity index (χ0v) is 11.2. The van der Waals surface area contributed by atoms with E-state index in [4.69, 9.17) is 14.2 Å². The zero-order valence-electron chi connectivity index (χ0n) is 11.2. The molecule has 0 saturated heterocycles. The van der Waals surface area contributed by atoms with Gasteiger partial charge in [0.2, 0.25) is 0 Å². The highest BCUT2D eigenvalue weighted by Gasteiger charge is 2.30. The third-order valence-electron chi connectivity index (χ3n) is 1.73. The maximum Gasteiger partial charge on any atom is 0.353 e. The Bertz CT molecular complexity index is 274. The number of carbonyl (C=O) groups excluding carboxylic acids is 1. The molecule has 0 radical (unpaired) electrons. The number of nitrogens with zero attached hydrogens (tertiary/aromatic N) is 1. The van der Waals surface area contributed by atoms with Crippen LogP contribution < -0.4 is 0 Å². The van der Waals surface area contributed by atoms with Gasteiger partial charge in [-0.25, -0.2) is 0 Å². The summed E-state index contributed by atoms with van der Waals surface area (Å²) in [5, 5.41) is 0. The molecule has 0 aliphatic rings. The van der Waals surface area contributed by atoms with Gasteiger partial charge in [-0.15, -0.1) is 0 Å². The number of rotatable bonds is 6. The van der Waals surface area contributed by atoms with Crippen LogP contribution in [0.1, 0.15) is 20.8 Å². The van der Waals surface area contributed by atoms with Crippen molar-refractivity contribution in [1.82, 2.24) is 4.90 Å². The topological polar surface area (TPSA) is 48.0 Å². The normalized spacial score (nSPS) is 10.6. The van der Waals surface area contributed by atoms with E-state index in [-0.39, 0.29) is 5.91 Å². The molecular weight excluding hydrogens is 222 g/mol. The first-order valence-corrected chi connectivity index (χ1v) is 5.67. The summed E-state index contributed by atoms with van der Waals surface area (Å²) in [6.07, 6.45) is 0. The highest BCUT2D eigenvalue weighted by Crippen LogP contribution is 2.14. The number of hydrogen-bond acceptors (Lipinski definition) is 4. The van der Waals surface area contributed by atoms with Crippen LogP contribution in [0.4, 0.5) is 0 Å². The second-order valence-corrected chi connectivity index (χ2v) is 3.30. The maximum absolute atomic E-state index is 11.4. The largest absolute Gasteiger partial charge is 0.353 e. The van der Waals surface area contributed by atoms with Crippen molar-refractivity contribution in [2.45, 2.75) is 26.7 Å². The summed E-state index contributed by atoms with van der Waals surface area (Å²) >= 11 is 0. The monoisotopic (exact) mass is 243 g/mol. The van der Waals surface area contributed by atoms with Gasteiger partial charge in [0.15, 0.2) is 0 Å². The van der Waals surface area contributed by atoms with Gasteiger partial charge in [0.05, 0.1) is 19.8 Å². The van der Waals surface area contributed by atoms with Crippen LogP contribution in [0, 0.1) is 11.8 Å². The summed E-state index contributed by atoms with van der Waals surface area (Å²) in [6.45, 7) is 6.56. The lowest BCUT2D eigenvalue weighted by atomic mass is 10.4. The molecule has 98 valence electrons. The van der Waals surface area contributed by atoms with E-state index < -0.39 is 5.97 Å². The summed E-state index contributed by atoms with van der Waals surface area (Å²) in [6, 6.07) is 0. The highest BCUT2D eigenvalue weighted by atomic mass is 16.9. The Balaban J connectivity index is 4.93. The molecule has 0 unspecified atom stereocenters. The lowest BCUT2D eigenvalue weighted by Gasteiger charge is -2.26. The fourth-order valence-corrected chi connectivity index (χ4v) is 1.05. The fourth-order valence-electron chi connectivity index (χ4n) is 1.05. The molecule has 0 bridgehead atoms. The van der Waals surface area contributed by atoms with Crippen LogP contribution in [0.2, 0.25) is 0 Å². The summed E-state index contributed by atoms with van der Waals surface area (Å²) in [7, 11) is 3.25. The van der Waals surface area contributed by atoms with Crippen molar-refractivity contribution in [1.29, 1.82) is 0 Å². The Morgan fingerprint density at radius 3 is 1.76 bits per heavy atom. The molecular formula is C12H21NO4. The van der Waals surface area contributed by atoms with Gasteiger partial charge in [-0.3, -0.25) is 4.79 Å². The van der Waals surface area contributed by atoms with Gasteiger partial charge in [-0.2, -0.15) is 0 Å². The van der Waals surface area contributed by atoms with E-state index in [2.05, 4.69) is 11.8 Å². The first-order valence-electron chi connectivity index (χ1n) is 5.67. The fraction of sp³-hybridized carbons (Fsp3) is 0.750. The summed E-state index contributed by atoms with van der Waals surface area (Å²) in [5.74, 6) is 3.28. The van der Waals surface area contributed by atoms with E-state index in [1.807, 2.05) is 20.8 Å². The molecule has 0 spiro atoms. The van der Waals surface area contributed by atoms with Gasteiger partial charge in [-0.1, -0.05) is 0 Å². The molecule has 0 aromatic carbocycles. The van der Waals surface area contributed by atoms with E-state index >= 15 is 0 Å². The predicted octanol–water partition coefficient (Wildman–Crippen LogP) is 0.841. The number of carbonyl (C=O) groups is 1. The zero-order chi connectivity index (χ0) is 13.3. The van der Waals surface area contributed by atoms with Crippen molar-refractivity contribution >= 4 is 5.91 Å². The van der Waals surface area contributed by atoms with Crippen LogP contribution in [0.3, 0.4) is 0 Å². The summed E-state index contributed by atoms with van der Waals surface area (Å²) in [5.41, 5.74) is 0. The van der Waals surface area contributed by atoms with Crippen LogP contribution in [-0.2, 0) is 19.0 Å². The van der Waals surface area contributed by atoms with E-state index in [0.29, 0.717) is 19.8 Å². The SMILES string of the molecule is CCOC(C#CC(=O)N(C)C)(OCC)OCC. The quantitative estimate of drug-likeness (QED) is 0.512. The molecule has 0 rings (SSSR count). The van der Waals surface area contributed by atoms with Gasteiger partial charge >= 0.3 is 5.97 Å². The van der Waals surface area contributed by atoms with E-state index in [0.717, 1.165) is 0 Å². The van der Waals surface area contributed by atoms with Crippen molar-refractivity contribution in [3.8, 4) is 11.8 Å². The molecule has 1 amide bonds. The van der Waals surface area contributed by atoms with E-state index in [1.165, 1.54) is 4.90 Å². The standard InChI is InChI=1S/C12H21NO4/c1-6-15-12(16-7-2,17-8-3)10-9-11(14)13(4)5/h6-8H2,1-5H3. The molecule has 0 aromatic heterocycles. The smallest absolute Gasteiger partial charge is 0.338 e. The average Bonchev–Trinajstić information content (AvgIpc) is 2.27. The van der Waals surface area contributed by atoms with Crippen molar-refractivity contribution in [2.75, 3.05) is 33.9 Å². The number of ether oxygens (including phenoxy) is 3. The third kappa shape index (κ3) is 5.68. The predicted molar refractivity (Wildman–Crippen MR) is 64.1 cm³/mol. The number of hydrogen-bond donors (Lipinski definition) is 0. The third-order valence-corrected chi connectivity index (χ3v) is 1.73. The molecule has 0 N–H and O–H groups in total. The van der Waals surface area contributed by atoms with Crippen LogP contribution >= 0.6 is 0 Å². The second kappa shape index (κ2) is 8.07. The molecule has 0 aliphatic carbocycles. The second-order valence-electron chi connectivity index (χ2n) is 3.30. The van der Waals surface area contributed by atoms with E-state index in [9.17, 15) is 4.79 Å². The van der Waals surface area contributed by atoms with E-state index in [1.54, 1.807) is 14.1 Å². The lowest BCUT2D eigenvalue weighted by Crippen LogP contribution is -2.38. The summed E-state index contributed by atoms with van der Waals surface area (Å²) in [4.78, 5) is 12.8. The van der Waals surface area contributed by atoms with Gasteiger partial charge in [-0.05, 0) is 20.8 Å². The Kier molecular flexibility index (Phi) is 7.55. The number of amides is 1. The first-order chi connectivity index (χ1) is 8.01. The molecule has 0 saturated carbocycles. The van der Waals surface area contributed by atoms with Gasteiger partial charge in [0.1, 0.15) is 0 Å². The molecule has 0 heterocycles. The average molecular weight is 243 g/mol. The lowest BCUT2D eigenvalue weighted by molar-refractivity contribution is -0.339. The Morgan fingerprint density at radius 2 is 1.47 bits per heavy atom. The Hall–Kier alpha value is -1.09. The van der Waals surface area contributed by atoms with Crippen LogP contribution in [-0.4, -0.2) is 50.7 Å². The van der Waals surface area contributed by atoms with Gasteiger partial charge in [0, 0.05) is 25.9 Å². The molecule has 0 fully saturated rings. The van der Waals surface area contributed by atoms with Crippen LogP contribution in [0.5, 0.6) is 0 Å². The molecule has 0 aromatic rings. The molecule has 0 atom stereocenters. The van der Waals surface area contributed by atoms with Crippen molar-refractivity contribution in [3.05, 3.63) is 0 Å². The molecule has 0 aliphatic heterocycles. The Labute approximate surface area is 103 Å². The summed E-state index contributed by atoms with van der Waals surface area (Å²) < 4.78 is 16.1. The minimum absolute atomic E-state index is 0.325. The Morgan fingerprint density at radius 1 is 1.06 bits per heavy atom. The minimum atomic E-state index is -1.44. The highest BCUT2D eigenvalue weighted by molar-refractivity contribution is 5.93. The first kappa shape index (κ1) is 15.9.